The minimum absolute atomic E-state index is 0.00485. The molecule has 0 radical (unpaired) electrons. The van der Waals surface area contributed by atoms with Gasteiger partial charge in [-0.1, -0.05) is 0 Å². The molecule has 1 aliphatic heterocycles. The van der Waals surface area contributed by atoms with Crippen molar-refractivity contribution in [1.29, 1.82) is 0 Å². The first-order chi connectivity index (χ1) is 10.5. The monoisotopic (exact) mass is 329 g/mol. The van der Waals surface area contributed by atoms with Crippen molar-refractivity contribution in [3.63, 3.8) is 0 Å². The molecule has 1 heterocycles. The van der Waals surface area contributed by atoms with Crippen molar-refractivity contribution in [3.8, 4) is 5.75 Å². The summed E-state index contributed by atoms with van der Waals surface area (Å²) in [4.78, 5) is 0.232. The molecule has 0 spiro atoms. The molecular formula is C15H20FNO4S. The van der Waals surface area contributed by atoms with Crippen LogP contribution in [0, 0.1) is 0 Å². The Morgan fingerprint density at radius 2 is 2.14 bits per heavy atom. The summed E-state index contributed by atoms with van der Waals surface area (Å²) in [5.41, 5.74) is 5.66. The molecule has 2 rings (SSSR count). The van der Waals surface area contributed by atoms with E-state index in [1.165, 1.54) is 12.1 Å². The zero-order valence-electron chi connectivity index (χ0n) is 12.2. The molecule has 1 fully saturated rings. The molecule has 1 aromatic rings. The highest BCUT2D eigenvalue weighted by Gasteiger charge is 2.24. The molecule has 0 aliphatic carbocycles. The topological polar surface area (TPSA) is 78.6 Å². The molecule has 1 saturated heterocycles. The van der Waals surface area contributed by atoms with Crippen LogP contribution in [0.15, 0.2) is 41.1 Å². The van der Waals surface area contributed by atoms with Gasteiger partial charge in [0, 0.05) is 18.7 Å². The molecule has 7 heteroatoms. The Labute approximate surface area is 129 Å². The minimum atomic E-state index is -3.37. The third-order valence-electron chi connectivity index (χ3n) is 3.45. The maximum absolute atomic E-state index is 12.4. The molecule has 0 aromatic heterocycles. The average Bonchev–Trinajstić information content (AvgIpc) is 3.01. The second-order valence-corrected chi connectivity index (χ2v) is 7.18. The molecule has 0 bridgehead atoms. The lowest BCUT2D eigenvalue weighted by Crippen LogP contribution is -2.20. The second-order valence-electron chi connectivity index (χ2n) is 5.15. The van der Waals surface area contributed by atoms with Crippen LogP contribution in [0.4, 0.5) is 4.39 Å². The van der Waals surface area contributed by atoms with E-state index in [2.05, 4.69) is 0 Å². The standard InChI is InChI=1S/C15H20FNO4S/c16-8-12(9-17)10-21-13-3-5-15(6-4-13)22(18,19)11-14-2-1-7-20-14/h3-6,8,14H,1-2,7,9-11,17H2/b12-8+/t14-/m1/s1. The van der Waals surface area contributed by atoms with E-state index >= 15 is 0 Å². The third-order valence-corrected chi connectivity index (χ3v) is 5.25. The zero-order chi connectivity index (χ0) is 16.0. The van der Waals surface area contributed by atoms with Gasteiger partial charge in [-0.2, -0.15) is 0 Å². The Bertz CT molecular complexity index is 607. The summed E-state index contributed by atoms with van der Waals surface area (Å²) in [6.07, 6.45) is 1.87. The highest BCUT2D eigenvalue weighted by molar-refractivity contribution is 7.91. The van der Waals surface area contributed by atoms with Crippen LogP contribution in [0.25, 0.3) is 0 Å². The van der Waals surface area contributed by atoms with Gasteiger partial charge in [0.15, 0.2) is 9.84 Å². The lowest BCUT2D eigenvalue weighted by Gasteiger charge is -2.11. The van der Waals surface area contributed by atoms with Gasteiger partial charge in [0.05, 0.1) is 23.1 Å². The Balaban J connectivity index is 1.98. The van der Waals surface area contributed by atoms with E-state index in [4.69, 9.17) is 15.2 Å². The fourth-order valence-electron chi connectivity index (χ4n) is 2.17. The van der Waals surface area contributed by atoms with Gasteiger partial charge in [-0.15, -0.1) is 0 Å². The number of halogens is 1. The summed E-state index contributed by atoms with van der Waals surface area (Å²) >= 11 is 0. The summed E-state index contributed by atoms with van der Waals surface area (Å²) < 4.78 is 47.6. The van der Waals surface area contributed by atoms with E-state index in [-0.39, 0.29) is 29.9 Å². The lowest BCUT2D eigenvalue weighted by molar-refractivity contribution is 0.127. The maximum atomic E-state index is 12.4. The van der Waals surface area contributed by atoms with Crippen molar-refractivity contribution < 1.29 is 22.3 Å². The van der Waals surface area contributed by atoms with E-state index in [0.717, 1.165) is 12.8 Å². The SMILES string of the molecule is NC/C(=C\F)COc1ccc(S(=O)(=O)C[C@H]2CCCO2)cc1. The van der Waals surface area contributed by atoms with Crippen LogP contribution in [-0.2, 0) is 14.6 Å². The van der Waals surface area contributed by atoms with E-state index in [1.807, 2.05) is 0 Å². The quantitative estimate of drug-likeness (QED) is 0.826. The zero-order valence-corrected chi connectivity index (χ0v) is 13.0. The first kappa shape index (κ1) is 16.9. The Morgan fingerprint density at radius 1 is 1.41 bits per heavy atom. The normalized spacial score (nSPS) is 19.4. The maximum Gasteiger partial charge on any atom is 0.180 e. The Morgan fingerprint density at radius 3 is 2.68 bits per heavy atom. The van der Waals surface area contributed by atoms with E-state index in [1.54, 1.807) is 12.1 Å². The first-order valence-electron chi connectivity index (χ1n) is 7.10. The van der Waals surface area contributed by atoms with Crippen molar-refractivity contribution >= 4 is 9.84 Å². The van der Waals surface area contributed by atoms with Crippen molar-refractivity contribution in [2.24, 2.45) is 5.73 Å². The summed E-state index contributed by atoms with van der Waals surface area (Å²) in [5, 5.41) is 0. The molecule has 22 heavy (non-hydrogen) atoms. The highest BCUT2D eigenvalue weighted by atomic mass is 32.2. The Kier molecular flexibility index (Phi) is 5.93. The number of sulfone groups is 1. The van der Waals surface area contributed by atoms with E-state index in [0.29, 0.717) is 24.3 Å². The lowest BCUT2D eigenvalue weighted by atomic mass is 10.3. The van der Waals surface area contributed by atoms with Gasteiger partial charge in [-0.05, 0) is 37.1 Å². The summed E-state index contributed by atoms with van der Waals surface area (Å²) in [6.45, 7) is 0.734. The van der Waals surface area contributed by atoms with Crippen LogP contribution >= 0.6 is 0 Å². The molecule has 1 atom stereocenters. The van der Waals surface area contributed by atoms with Gasteiger partial charge in [0.1, 0.15) is 12.4 Å². The fourth-order valence-corrected chi connectivity index (χ4v) is 3.67. The molecule has 0 amide bonds. The van der Waals surface area contributed by atoms with Crippen molar-refractivity contribution in [3.05, 3.63) is 36.2 Å². The van der Waals surface area contributed by atoms with Gasteiger partial charge in [0.25, 0.3) is 0 Å². The van der Waals surface area contributed by atoms with E-state index in [9.17, 15) is 12.8 Å². The predicted molar refractivity (Wildman–Crippen MR) is 81.2 cm³/mol. The van der Waals surface area contributed by atoms with Crippen LogP contribution in [0.2, 0.25) is 0 Å². The molecule has 5 nitrogen and oxygen atoms in total. The summed E-state index contributed by atoms with van der Waals surface area (Å²) in [7, 11) is -3.37. The highest BCUT2D eigenvalue weighted by Crippen LogP contribution is 2.21. The van der Waals surface area contributed by atoms with Crippen molar-refractivity contribution in [1.82, 2.24) is 0 Å². The van der Waals surface area contributed by atoms with Crippen LogP contribution < -0.4 is 10.5 Å². The van der Waals surface area contributed by atoms with Crippen LogP contribution in [0.5, 0.6) is 5.75 Å². The number of hydrogen-bond acceptors (Lipinski definition) is 5. The van der Waals surface area contributed by atoms with Gasteiger partial charge in [0.2, 0.25) is 0 Å². The van der Waals surface area contributed by atoms with Crippen molar-refractivity contribution in [2.75, 3.05) is 25.5 Å². The van der Waals surface area contributed by atoms with Crippen LogP contribution in [0.3, 0.4) is 0 Å². The molecule has 1 aromatic carbocycles. The fraction of sp³-hybridized carbons (Fsp3) is 0.467. The largest absolute Gasteiger partial charge is 0.489 e. The molecule has 2 N–H and O–H groups in total. The molecular weight excluding hydrogens is 309 g/mol. The van der Waals surface area contributed by atoms with Gasteiger partial charge in [-0.3, -0.25) is 0 Å². The number of hydrogen-bond donors (Lipinski definition) is 1. The number of benzene rings is 1. The average molecular weight is 329 g/mol. The van der Waals surface area contributed by atoms with Gasteiger partial charge < -0.3 is 15.2 Å². The molecule has 122 valence electrons. The summed E-state index contributed by atoms with van der Waals surface area (Å²) in [5.74, 6) is 0.457. The Hall–Kier alpha value is -1.44. The third kappa shape index (κ3) is 4.53. The van der Waals surface area contributed by atoms with Crippen molar-refractivity contribution in [2.45, 2.75) is 23.8 Å². The summed E-state index contributed by atoms with van der Waals surface area (Å²) in [6, 6.07) is 6.07. The van der Waals surface area contributed by atoms with Gasteiger partial charge in [-0.25, -0.2) is 12.8 Å². The molecule has 0 unspecified atom stereocenters. The number of ether oxygens (including phenoxy) is 2. The first-order valence-corrected chi connectivity index (χ1v) is 8.76. The second kappa shape index (κ2) is 7.71. The number of nitrogens with two attached hydrogens (primary N) is 1. The number of rotatable bonds is 7. The predicted octanol–water partition coefficient (Wildman–Crippen LogP) is 1.83. The van der Waals surface area contributed by atoms with Crippen LogP contribution in [0.1, 0.15) is 12.8 Å². The smallest absolute Gasteiger partial charge is 0.180 e. The molecule has 0 saturated carbocycles. The van der Waals surface area contributed by atoms with E-state index < -0.39 is 9.84 Å². The van der Waals surface area contributed by atoms with Gasteiger partial charge >= 0.3 is 0 Å². The molecule has 1 aliphatic rings. The minimum Gasteiger partial charge on any atom is -0.489 e. The van der Waals surface area contributed by atoms with Crippen LogP contribution in [-0.4, -0.2) is 40.0 Å².